The van der Waals surface area contributed by atoms with E-state index in [2.05, 4.69) is 15.9 Å². The molecule has 0 amide bonds. The Kier molecular flexibility index (Phi) is 4.57. The van der Waals surface area contributed by atoms with Crippen LogP contribution in [-0.2, 0) is 6.61 Å². The average molecular weight is 338 g/mol. The van der Waals surface area contributed by atoms with E-state index in [1.807, 2.05) is 30.3 Å². The number of halogens is 1. The maximum Gasteiger partial charge on any atom is 0.287 e. The summed E-state index contributed by atoms with van der Waals surface area (Å²) in [6.45, 7) is 0.315. The summed E-state index contributed by atoms with van der Waals surface area (Å²) in [5.74, 6) is 0.782. The zero-order chi connectivity index (χ0) is 14.5. The second-order valence-corrected chi connectivity index (χ2v) is 4.84. The SMILES string of the molecule is COc1cc(Br)c([N+](=O)[O-])cc1OCc1ccccc1. The van der Waals surface area contributed by atoms with Gasteiger partial charge in [0.05, 0.1) is 22.6 Å². The van der Waals surface area contributed by atoms with E-state index in [1.54, 1.807) is 0 Å². The molecule has 0 fully saturated rings. The summed E-state index contributed by atoms with van der Waals surface area (Å²) < 4.78 is 11.1. The number of hydrogen-bond donors (Lipinski definition) is 0. The van der Waals surface area contributed by atoms with Crippen LogP contribution in [0.25, 0.3) is 0 Å². The molecule has 2 aromatic carbocycles. The van der Waals surface area contributed by atoms with Crippen LogP contribution in [0.1, 0.15) is 5.56 Å². The molecule has 20 heavy (non-hydrogen) atoms. The van der Waals surface area contributed by atoms with E-state index >= 15 is 0 Å². The Morgan fingerprint density at radius 1 is 1.20 bits per heavy atom. The van der Waals surface area contributed by atoms with Gasteiger partial charge >= 0.3 is 0 Å². The fourth-order valence-corrected chi connectivity index (χ4v) is 2.14. The lowest BCUT2D eigenvalue weighted by atomic mass is 10.2. The van der Waals surface area contributed by atoms with Crippen molar-refractivity contribution in [1.29, 1.82) is 0 Å². The van der Waals surface area contributed by atoms with Gasteiger partial charge in [-0.05, 0) is 21.5 Å². The molecule has 0 heterocycles. The molecule has 0 saturated heterocycles. The molecule has 0 spiro atoms. The van der Waals surface area contributed by atoms with Gasteiger partial charge in [-0.15, -0.1) is 0 Å². The van der Waals surface area contributed by atoms with Crippen LogP contribution in [0.15, 0.2) is 46.9 Å². The highest BCUT2D eigenvalue weighted by atomic mass is 79.9. The second kappa shape index (κ2) is 6.38. The predicted octanol–water partition coefficient (Wildman–Crippen LogP) is 3.94. The van der Waals surface area contributed by atoms with Crippen LogP contribution < -0.4 is 9.47 Å². The minimum atomic E-state index is -0.473. The molecule has 2 rings (SSSR count). The molecule has 104 valence electrons. The number of nitrogens with zero attached hydrogens (tertiary/aromatic N) is 1. The van der Waals surface area contributed by atoms with Gasteiger partial charge in [-0.2, -0.15) is 0 Å². The summed E-state index contributed by atoms with van der Waals surface area (Å²) in [4.78, 5) is 10.5. The van der Waals surface area contributed by atoms with Crippen molar-refractivity contribution >= 4 is 21.6 Å². The maximum absolute atomic E-state index is 10.9. The molecule has 0 radical (unpaired) electrons. The molecule has 0 saturated carbocycles. The summed E-state index contributed by atoms with van der Waals surface area (Å²) in [7, 11) is 1.49. The number of rotatable bonds is 5. The predicted molar refractivity (Wildman–Crippen MR) is 78.1 cm³/mol. The van der Waals surface area contributed by atoms with Crippen molar-refractivity contribution in [3.63, 3.8) is 0 Å². The quantitative estimate of drug-likeness (QED) is 0.612. The van der Waals surface area contributed by atoms with Gasteiger partial charge in [-0.25, -0.2) is 0 Å². The highest BCUT2D eigenvalue weighted by Crippen LogP contribution is 2.37. The first kappa shape index (κ1) is 14.3. The van der Waals surface area contributed by atoms with Crippen LogP contribution in [0.3, 0.4) is 0 Å². The van der Waals surface area contributed by atoms with E-state index in [9.17, 15) is 10.1 Å². The standard InChI is InChI=1S/C14H12BrNO4/c1-19-13-7-11(15)12(16(17)18)8-14(13)20-9-10-5-3-2-4-6-10/h2-8H,9H2,1H3. The maximum atomic E-state index is 10.9. The van der Waals surface area contributed by atoms with Gasteiger partial charge in [-0.3, -0.25) is 10.1 Å². The average Bonchev–Trinajstić information content (AvgIpc) is 2.46. The van der Waals surface area contributed by atoms with Crippen molar-refractivity contribution in [2.75, 3.05) is 7.11 Å². The molecule has 5 nitrogen and oxygen atoms in total. The van der Waals surface area contributed by atoms with Crippen LogP contribution in [0.4, 0.5) is 5.69 Å². The molecular weight excluding hydrogens is 326 g/mol. The van der Waals surface area contributed by atoms with E-state index in [1.165, 1.54) is 19.2 Å². The van der Waals surface area contributed by atoms with Gasteiger partial charge in [0.2, 0.25) is 0 Å². The third-order valence-corrected chi connectivity index (χ3v) is 3.30. The minimum Gasteiger partial charge on any atom is -0.493 e. The zero-order valence-corrected chi connectivity index (χ0v) is 12.3. The Morgan fingerprint density at radius 2 is 1.90 bits per heavy atom. The van der Waals surface area contributed by atoms with Crippen molar-refractivity contribution in [3.8, 4) is 11.5 Å². The molecule has 2 aromatic rings. The molecule has 0 bridgehead atoms. The lowest BCUT2D eigenvalue weighted by Gasteiger charge is -2.11. The number of ether oxygens (including phenoxy) is 2. The van der Waals surface area contributed by atoms with Crippen molar-refractivity contribution in [2.45, 2.75) is 6.61 Å². The summed E-state index contributed by atoms with van der Waals surface area (Å²) in [5, 5.41) is 10.9. The molecule has 0 atom stereocenters. The largest absolute Gasteiger partial charge is 0.493 e. The first-order valence-electron chi connectivity index (χ1n) is 5.80. The number of hydrogen-bond acceptors (Lipinski definition) is 4. The first-order chi connectivity index (χ1) is 9.61. The zero-order valence-electron chi connectivity index (χ0n) is 10.7. The number of benzene rings is 2. The number of nitro groups is 1. The van der Waals surface area contributed by atoms with Gasteiger partial charge < -0.3 is 9.47 Å². The van der Waals surface area contributed by atoms with E-state index < -0.39 is 4.92 Å². The Balaban J connectivity index is 2.25. The topological polar surface area (TPSA) is 61.6 Å². The summed E-state index contributed by atoms with van der Waals surface area (Å²) >= 11 is 3.14. The summed E-state index contributed by atoms with van der Waals surface area (Å²) in [5.41, 5.74) is 0.911. The van der Waals surface area contributed by atoms with Crippen LogP contribution in [0, 0.1) is 10.1 Å². The van der Waals surface area contributed by atoms with Crippen LogP contribution in [0.5, 0.6) is 11.5 Å². The van der Waals surface area contributed by atoms with Crippen molar-refractivity contribution < 1.29 is 14.4 Å². The molecule has 6 heteroatoms. The minimum absolute atomic E-state index is 0.0612. The van der Waals surface area contributed by atoms with Gasteiger partial charge in [-0.1, -0.05) is 30.3 Å². The monoisotopic (exact) mass is 337 g/mol. The molecule has 0 N–H and O–H groups in total. The number of nitro benzene ring substituents is 1. The molecule has 0 aliphatic heterocycles. The first-order valence-corrected chi connectivity index (χ1v) is 6.59. The third kappa shape index (κ3) is 3.27. The Bertz CT molecular complexity index is 616. The number of methoxy groups -OCH3 is 1. The fourth-order valence-electron chi connectivity index (χ4n) is 1.67. The van der Waals surface area contributed by atoms with Gasteiger partial charge in [0.25, 0.3) is 5.69 Å². The van der Waals surface area contributed by atoms with E-state index in [4.69, 9.17) is 9.47 Å². The molecule has 0 aromatic heterocycles. The molecule has 0 aliphatic rings. The fraction of sp³-hybridized carbons (Fsp3) is 0.143. The smallest absolute Gasteiger partial charge is 0.287 e. The third-order valence-electron chi connectivity index (χ3n) is 2.67. The normalized spacial score (nSPS) is 10.1. The lowest BCUT2D eigenvalue weighted by molar-refractivity contribution is -0.385. The highest BCUT2D eigenvalue weighted by molar-refractivity contribution is 9.10. The van der Waals surface area contributed by atoms with E-state index in [0.29, 0.717) is 22.6 Å². The Hall–Kier alpha value is -2.08. The van der Waals surface area contributed by atoms with Gasteiger partial charge in [0.1, 0.15) is 6.61 Å². The summed E-state index contributed by atoms with van der Waals surface area (Å²) in [6.07, 6.45) is 0. The van der Waals surface area contributed by atoms with Crippen LogP contribution in [-0.4, -0.2) is 12.0 Å². The van der Waals surface area contributed by atoms with E-state index in [0.717, 1.165) is 5.56 Å². The highest BCUT2D eigenvalue weighted by Gasteiger charge is 2.18. The van der Waals surface area contributed by atoms with Crippen molar-refractivity contribution in [1.82, 2.24) is 0 Å². The molecular formula is C14H12BrNO4. The molecule has 0 unspecified atom stereocenters. The Labute approximate surface area is 124 Å². The van der Waals surface area contributed by atoms with Crippen LogP contribution in [0.2, 0.25) is 0 Å². The second-order valence-electron chi connectivity index (χ2n) is 3.99. The molecule has 0 aliphatic carbocycles. The van der Waals surface area contributed by atoms with Crippen LogP contribution >= 0.6 is 15.9 Å². The van der Waals surface area contributed by atoms with Gasteiger partial charge in [0, 0.05) is 6.07 Å². The Morgan fingerprint density at radius 3 is 2.50 bits per heavy atom. The lowest BCUT2D eigenvalue weighted by Crippen LogP contribution is -1.99. The van der Waals surface area contributed by atoms with E-state index in [-0.39, 0.29) is 5.69 Å². The summed E-state index contributed by atoms with van der Waals surface area (Å²) in [6, 6.07) is 12.4. The van der Waals surface area contributed by atoms with Crippen molar-refractivity contribution in [2.24, 2.45) is 0 Å². The van der Waals surface area contributed by atoms with Crippen molar-refractivity contribution in [3.05, 3.63) is 62.6 Å². The van der Waals surface area contributed by atoms with Gasteiger partial charge in [0.15, 0.2) is 11.5 Å².